The molecule has 1 saturated heterocycles. The molecule has 532 valence electrons. The van der Waals surface area contributed by atoms with Gasteiger partial charge in [0, 0.05) is 119 Å². The molecule has 12 heterocycles. The summed E-state index contributed by atoms with van der Waals surface area (Å²) in [7, 11) is 3.34. The van der Waals surface area contributed by atoms with Crippen molar-refractivity contribution in [2.75, 3.05) is 68.2 Å². The van der Waals surface area contributed by atoms with Crippen molar-refractivity contribution in [1.82, 2.24) is 0 Å². The first-order valence-corrected chi connectivity index (χ1v) is 45.1. The largest absolute Gasteiger partial charge is 0.497 e. The average molecular weight is 1510 g/mol. The number of anilines is 3. The lowest BCUT2D eigenvalue weighted by molar-refractivity contribution is 0.304. The van der Waals surface area contributed by atoms with E-state index in [1.807, 2.05) is 89.6 Å². The van der Waals surface area contributed by atoms with E-state index in [0.717, 1.165) is 110 Å². The van der Waals surface area contributed by atoms with Gasteiger partial charge in [-0.2, -0.15) is 10.5 Å². The van der Waals surface area contributed by atoms with E-state index in [1.54, 1.807) is 65.4 Å². The lowest BCUT2D eigenvalue weighted by Gasteiger charge is -2.40. The van der Waals surface area contributed by atoms with Crippen molar-refractivity contribution in [3.05, 3.63) is 243 Å². The van der Waals surface area contributed by atoms with Crippen LogP contribution in [0.2, 0.25) is 0 Å². The zero-order chi connectivity index (χ0) is 73.1. The molecule has 22 heteroatoms. The van der Waals surface area contributed by atoms with E-state index >= 15 is 0 Å². The van der Waals surface area contributed by atoms with E-state index in [2.05, 4.69) is 75.9 Å². The van der Waals surface area contributed by atoms with Crippen LogP contribution in [0, 0.1) is 59.1 Å². The van der Waals surface area contributed by atoms with Crippen molar-refractivity contribution in [3.63, 3.8) is 0 Å². The van der Waals surface area contributed by atoms with Crippen LogP contribution in [-0.2, 0) is 71.6 Å². The molecule has 0 saturated carbocycles. The molecule has 0 radical (unpaired) electrons. The van der Waals surface area contributed by atoms with Crippen molar-refractivity contribution in [3.8, 4) is 35.5 Å². The number of benzene rings is 5. The lowest BCUT2D eigenvalue weighted by Crippen LogP contribution is -2.35. The highest BCUT2D eigenvalue weighted by Crippen LogP contribution is 3.04. The predicted molar refractivity (Wildman–Crippen MR) is 435 cm³/mol. The highest BCUT2D eigenvalue weighted by Gasteiger charge is 2.46. The zero-order valence-corrected chi connectivity index (χ0v) is 65.4. The smallest absolute Gasteiger partial charge is 0.336 e. The summed E-state index contributed by atoms with van der Waals surface area (Å²) in [4.78, 5) is 22.3. The molecule has 0 unspecified atom stereocenters. The zero-order valence-electron chi connectivity index (χ0n) is 59.5. The number of aryl methyl sites for hydroxylation is 7. The van der Waals surface area contributed by atoms with E-state index in [4.69, 9.17) is 80.2 Å². The van der Waals surface area contributed by atoms with Gasteiger partial charge in [-0.05, 0) is 273 Å². The van der Waals surface area contributed by atoms with Gasteiger partial charge >= 0.3 is 5.63 Å². The van der Waals surface area contributed by atoms with Crippen LogP contribution in [0.3, 0.4) is 0 Å². The van der Waals surface area contributed by atoms with Crippen LogP contribution in [0.15, 0.2) is 180 Å². The Bertz CT molecular complexity index is 5130. The molecule has 2 aromatic heterocycles. The molecule has 104 heavy (non-hydrogen) atoms. The second-order valence-corrected chi connectivity index (χ2v) is 48.6. The fourth-order valence-corrected chi connectivity index (χ4v) is 57.8. The maximum atomic E-state index is 11.7. The molecular formula is C82H81N7O8P2S5. The van der Waals surface area contributed by atoms with Crippen LogP contribution < -0.4 is 45.1 Å². The molecule has 0 aliphatic carbocycles. The molecule has 0 atom stereocenters. The number of fused-ring (bicyclic) bond motifs is 6. The lowest BCUT2D eigenvalue weighted by atomic mass is 9.86. The number of hydrogen-bond acceptors (Lipinski definition) is 19. The van der Waals surface area contributed by atoms with Crippen LogP contribution in [0.5, 0.6) is 17.2 Å². The van der Waals surface area contributed by atoms with Crippen LogP contribution in [0.1, 0.15) is 118 Å². The Balaban J connectivity index is 0.000000126. The van der Waals surface area contributed by atoms with Gasteiger partial charge in [0.15, 0.2) is 4.71 Å². The molecule has 0 amide bonds. The van der Waals surface area contributed by atoms with Crippen molar-refractivity contribution in [2.45, 2.75) is 119 Å². The van der Waals surface area contributed by atoms with Crippen molar-refractivity contribution in [2.24, 2.45) is 0 Å². The standard InChI is InChI=1S/C26H23N3O2.C16H17NO2.C16H17NOS.C14H14O2P2S4.C10H8N2O.H2/c1-16-9-21(13-22-11-19(10-17(2)30-22)20(14-27)15-28)31-26-23-6-4-8-29-7-3-5-18(25(23)29)12-24(16)26;1-10-8-14(18)19-16-12-5-3-7-17-6-2-4-11(15(12)17)9-13(10)16;1-10-8-14(19)18-16-12-5-3-7-17-6-2-4-11(15(12)17)9-13(10)16;1-15-11-3-7-13(8-4-11)17(19)21-18(20,22-17)14-9-5-12(16-2)6-10-14;1-7-4-9(5-8(2)13-7)10(6-11)12-3;/h9-13H,3-8H2,1-2H3;2*8-9H,2-7H2,1H3;3-10H,1-2H3;4-5H,1-2H3;1H/b21-13+;;;;;. The number of nitriles is 3. The summed E-state index contributed by atoms with van der Waals surface area (Å²) in [5, 5.41) is 31.9. The molecule has 7 aromatic rings. The third-order valence-electron chi connectivity index (χ3n) is 19.8. The maximum absolute atomic E-state index is 11.7. The van der Waals surface area contributed by atoms with Crippen LogP contribution >= 0.6 is 43.1 Å². The second-order valence-electron chi connectivity index (χ2n) is 26.9. The van der Waals surface area contributed by atoms with Crippen LogP contribution in [-0.4, -0.2) is 53.5 Å². The third kappa shape index (κ3) is 15.4. The van der Waals surface area contributed by atoms with E-state index in [-0.39, 0.29) is 18.3 Å². The number of allylic oxidation sites excluding steroid dienone is 14. The van der Waals surface area contributed by atoms with E-state index < -0.39 is 8.88 Å². The second kappa shape index (κ2) is 31.5. The van der Waals surface area contributed by atoms with Crippen LogP contribution in [0.4, 0.5) is 17.1 Å². The summed E-state index contributed by atoms with van der Waals surface area (Å²) in [5.74, 6) is 5.96. The van der Waals surface area contributed by atoms with Gasteiger partial charge in [-0.25, -0.2) is 14.9 Å². The van der Waals surface area contributed by atoms with Gasteiger partial charge in [0.1, 0.15) is 63.4 Å². The van der Waals surface area contributed by atoms with Crippen molar-refractivity contribution >= 4 is 122 Å². The molecule has 0 spiro atoms. The Morgan fingerprint density at radius 2 is 1.02 bits per heavy atom. The highest BCUT2D eigenvalue weighted by molar-refractivity contribution is 9.48. The number of hydrogen-bond donors (Lipinski definition) is 0. The van der Waals surface area contributed by atoms with E-state index in [9.17, 15) is 15.3 Å². The van der Waals surface area contributed by atoms with Gasteiger partial charge in [-0.1, -0.05) is 45.6 Å². The normalized spacial score (nSPS) is 20.0. The Hall–Kier alpha value is -8.78. The Kier molecular flexibility index (Phi) is 22.3. The summed E-state index contributed by atoms with van der Waals surface area (Å²) in [6, 6.07) is 32.4. The first-order valence-electron chi connectivity index (χ1n) is 35.0. The summed E-state index contributed by atoms with van der Waals surface area (Å²) >= 11 is 20.8. The monoisotopic (exact) mass is 1510 g/mol. The Morgan fingerprint density at radius 3 is 1.51 bits per heavy atom. The number of methoxy groups -OCH3 is 2. The van der Waals surface area contributed by atoms with Crippen molar-refractivity contribution < 1.29 is 33.9 Å². The quantitative estimate of drug-likeness (QED) is 0.0522. The topological polar surface area (TPSA) is 175 Å². The van der Waals surface area contributed by atoms with E-state index in [0.29, 0.717) is 44.6 Å². The summed E-state index contributed by atoms with van der Waals surface area (Å²) in [6.07, 6.45) is 24.5. The minimum Gasteiger partial charge on any atom is -0.497 e. The number of rotatable bonds is 5. The summed E-state index contributed by atoms with van der Waals surface area (Å²) < 4.78 is 36.6. The molecule has 0 bridgehead atoms. The van der Waals surface area contributed by atoms with Gasteiger partial charge in [0.2, 0.25) is 0 Å². The molecule has 10 aliphatic rings. The molecule has 15 nitrogen and oxygen atoms in total. The Labute approximate surface area is 632 Å². The SMILES string of the molecule is CC1=CC(=C(C#N)C#N)C=C(/C=C2\C=C(C)c3cc4c5c(c3O2)CCCN5CCC4)O1.COc1ccc(P2(=S)SP(=S)(c3ccc(OC)cc3)S2)cc1.Cc1cc(=O)oc2c3c4c(cc12)CCCN4CCC3.Cc1cc(=S)oc2c3c4c(cc12)CCCN4CCC3.[C-]#[N+]C(C#N)=C1C=C(C)OC(C)=C1.[HH]. The molecule has 17 rings (SSSR count). The number of ether oxygens (including phenoxy) is 5. The van der Waals surface area contributed by atoms with Gasteiger partial charge in [-0.15, -0.1) is 0 Å². The molecule has 10 aliphatic heterocycles. The van der Waals surface area contributed by atoms with Crippen molar-refractivity contribution in [1.29, 1.82) is 15.8 Å². The first-order chi connectivity index (χ1) is 50.2. The molecule has 5 aromatic carbocycles. The van der Waals surface area contributed by atoms with Gasteiger partial charge in [0.05, 0.1) is 47.3 Å². The fourth-order valence-electron chi connectivity index (χ4n) is 15.3. The maximum Gasteiger partial charge on any atom is 0.336 e. The summed E-state index contributed by atoms with van der Waals surface area (Å²) in [6.45, 7) is 25.3. The van der Waals surface area contributed by atoms with Gasteiger partial charge in [-0.3, -0.25) is 0 Å². The van der Waals surface area contributed by atoms with E-state index in [1.165, 1.54) is 128 Å². The first kappa shape index (κ1) is 73.5. The van der Waals surface area contributed by atoms with Gasteiger partial charge in [0.25, 0.3) is 5.70 Å². The fraction of sp³-hybridized carbons (Fsp3) is 0.317. The number of nitrogens with zero attached hydrogens (tertiary/aromatic N) is 7. The summed E-state index contributed by atoms with van der Waals surface area (Å²) in [5.41, 5.74) is 20.2. The predicted octanol–water partition coefficient (Wildman–Crippen LogP) is 19.7. The minimum atomic E-state index is -1.66. The third-order valence-corrected chi connectivity index (χ3v) is 51.3. The highest BCUT2D eigenvalue weighted by atomic mass is 33.7. The van der Waals surface area contributed by atoms with Crippen LogP contribution in [0.25, 0.3) is 32.4 Å². The Morgan fingerprint density at radius 1 is 0.567 bits per heavy atom. The molecule has 0 N–H and O–H groups in total. The molecular weight excluding hydrogens is 1430 g/mol. The average Bonchev–Trinajstić information content (AvgIpc) is 0.736. The minimum absolute atomic E-state index is 0. The molecule has 1 fully saturated rings. The van der Waals surface area contributed by atoms with Gasteiger partial charge < -0.3 is 47.2 Å².